The van der Waals surface area contributed by atoms with Crippen LogP contribution in [0.25, 0.3) is 11.3 Å². The van der Waals surface area contributed by atoms with E-state index in [1.807, 2.05) is 24.4 Å². The third-order valence-electron chi connectivity index (χ3n) is 4.40. The molecular formula is C20H13Cl2N3O3S. The highest BCUT2D eigenvalue weighted by Crippen LogP contribution is 2.31. The number of amides is 3. The van der Waals surface area contributed by atoms with Crippen LogP contribution in [0.4, 0.5) is 5.69 Å². The van der Waals surface area contributed by atoms with Crippen molar-refractivity contribution < 1.29 is 14.4 Å². The van der Waals surface area contributed by atoms with Gasteiger partial charge in [0.2, 0.25) is 5.91 Å². The molecular weight excluding hydrogens is 433 g/mol. The quantitative estimate of drug-likeness (QED) is 0.592. The predicted octanol–water partition coefficient (Wildman–Crippen LogP) is 4.66. The molecule has 0 spiro atoms. The first-order valence-corrected chi connectivity index (χ1v) is 10.1. The first-order valence-electron chi connectivity index (χ1n) is 8.51. The second-order valence-corrected chi connectivity index (χ2v) is 8.26. The van der Waals surface area contributed by atoms with Crippen molar-refractivity contribution in [2.24, 2.45) is 0 Å². The summed E-state index contributed by atoms with van der Waals surface area (Å²) in [6.07, 6.45) is 0. The molecule has 2 heterocycles. The second kappa shape index (κ2) is 7.59. The highest BCUT2D eigenvalue weighted by Gasteiger charge is 2.37. The molecule has 1 aliphatic rings. The maximum absolute atomic E-state index is 12.5. The van der Waals surface area contributed by atoms with Gasteiger partial charge in [0.1, 0.15) is 6.54 Å². The SMILES string of the molecule is Cc1nc(-c2ccc(NC(=O)CN3C(=O)c4cc(Cl)c(Cl)cc4C3=O)cc2)cs1. The number of anilines is 1. The normalized spacial score (nSPS) is 13.0. The Balaban J connectivity index is 1.45. The van der Waals surface area contributed by atoms with Crippen LogP contribution in [0.1, 0.15) is 25.7 Å². The minimum absolute atomic E-state index is 0.139. The summed E-state index contributed by atoms with van der Waals surface area (Å²) in [4.78, 5) is 42.6. The van der Waals surface area contributed by atoms with E-state index < -0.39 is 24.3 Å². The number of hydrogen-bond donors (Lipinski definition) is 1. The van der Waals surface area contributed by atoms with E-state index in [1.54, 1.807) is 23.5 Å². The molecule has 0 radical (unpaired) electrons. The summed E-state index contributed by atoms with van der Waals surface area (Å²) in [7, 11) is 0. The first kappa shape index (κ1) is 19.6. The van der Waals surface area contributed by atoms with Crippen LogP contribution in [0.2, 0.25) is 10.0 Å². The number of aromatic nitrogens is 1. The van der Waals surface area contributed by atoms with Gasteiger partial charge in [0.05, 0.1) is 31.9 Å². The second-order valence-electron chi connectivity index (χ2n) is 6.39. The molecule has 1 aromatic heterocycles. The van der Waals surface area contributed by atoms with Gasteiger partial charge >= 0.3 is 0 Å². The van der Waals surface area contributed by atoms with Crippen molar-refractivity contribution >= 4 is 57.9 Å². The van der Waals surface area contributed by atoms with E-state index in [1.165, 1.54) is 12.1 Å². The zero-order valence-electron chi connectivity index (χ0n) is 15.0. The number of halogens is 2. The number of thiazole rings is 1. The number of nitrogens with one attached hydrogen (secondary N) is 1. The molecule has 0 atom stereocenters. The number of carbonyl (C=O) groups excluding carboxylic acids is 3. The van der Waals surface area contributed by atoms with E-state index in [4.69, 9.17) is 23.2 Å². The summed E-state index contributed by atoms with van der Waals surface area (Å²) in [5.74, 6) is -1.64. The summed E-state index contributed by atoms with van der Waals surface area (Å²) >= 11 is 13.4. The Hall–Kier alpha value is -2.74. The van der Waals surface area contributed by atoms with E-state index in [9.17, 15) is 14.4 Å². The van der Waals surface area contributed by atoms with Crippen LogP contribution >= 0.6 is 34.5 Å². The molecule has 9 heteroatoms. The molecule has 3 aromatic rings. The smallest absolute Gasteiger partial charge is 0.262 e. The summed E-state index contributed by atoms with van der Waals surface area (Å²) in [6.45, 7) is 1.53. The van der Waals surface area contributed by atoms with Crippen LogP contribution < -0.4 is 5.32 Å². The number of rotatable bonds is 4. The highest BCUT2D eigenvalue weighted by atomic mass is 35.5. The fourth-order valence-electron chi connectivity index (χ4n) is 2.99. The van der Waals surface area contributed by atoms with Crippen LogP contribution in [0, 0.1) is 6.92 Å². The van der Waals surface area contributed by atoms with Gasteiger partial charge in [-0.3, -0.25) is 19.3 Å². The summed E-state index contributed by atoms with van der Waals surface area (Å²) in [6, 6.07) is 9.85. The highest BCUT2D eigenvalue weighted by molar-refractivity contribution is 7.09. The Labute approximate surface area is 180 Å². The van der Waals surface area contributed by atoms with Crippen molar-refractivity contribution in [3.8, 4) is 11.3 Å². The van der Waals surface area contributed by atoms with Crippen LogP contribution in [0.15, 0.2) is 41.8 Å². The van der Waals surface area contributed by atoms with Gasteiger partial charge in [-0.15, -0.1) is 11.3 Å². The van der Waals surface area contributed by atoms with Crippen molar-refractivity contribution in [3.63, 3.8) is 0 Å². The molecule has 1 N–H and O–H groups in total. The molecule has 0 saturated carbocycles. The van der Waals surface area contributed by atoms with E-state index in [0.29, 0.717) is 5.69 Å². The van der Waals surface area contributed by atoms with E-state index in [-0.39, 0.29) is 21.2 Å². The Kier molecular flexibility index (Phi) is 5.12. The number of hydrogen-bond acceptors (Lipinski definition) is 5. The van der Waals surface area contributed by atoms with Crippen LogP contribution in [-0.4, -0.2) is 34.2 Å². The van der Waals surface area contributed by atoms with Crippen LogP contribution in [-0.2, 0) is 4.79 Å². The number of fused-ring (bicyclic) bond motifs is 1. The third-order valence-corrected chi connectivity index (χ3v) is 5.89. The van der Waals surface area contributed by atoms with E-state index in [2.05, 4.69) is 10.3 Å². The van der Waals surface area contributed by atoms with Crippen molar-refractivity contribution in [3.05, 3.63) is 68.0 Å². The lowest BCUT2D eigenvalue weighted by Gasteiger charge is -2.13. The van der Waals surface area contributed by atoms with Gasteiger partial charge in [0, 0.05) is 16.6 Å². The fraction of sp³-hybridized carbons (Fsp3) is 0.100. The van der Waals surface area contributed by atoms with Gasteiger partial charge < -0.3 is 5.32 Å². The fourth-order valence-corrected chi connectivity index (χ4v) is 3.94. The Morgan fingerprint density at radius 1 is 1.07 bits per heavy atom. The summed E-state index contributed by atoms with van der Waals surface area (Å²) in [5.41, 5.74) is 2.63. The number of benzene rings is 2. The van der Waals surface area contributed by atoms with E-state index >= 15 is 0 Å². The van der Waals surface area contributed by atoms with Crippen molar-refractivity contribution in [2.45, 2.75) is 6.92 Å². The van der Waals surface area contributed by atoms with Gasteiger partial charge in [-0.05, 0) is 31.2 Å². The molecule has 6 nitrogen and oxygen atoms in total. The Morgan fingerprint density at radius 2 is 1.66 bits per heavy atom. The maximum Gasteiger partial charge on any atom is 0.262 e. The molecule has 0 saturated heterocycles. The van der Waals surface area contributed by atoms with Gasteiger partial charge in [0.25, 0.3) is 11.8 Å². The number of imide groups is 1. The molecule has 29 heavy (non-hydrogen) atoms. The Bertz CT molecular complexity index is 1120. The molecule has 4 rings (SSSR count). The maximum atomic E-state index is 12.5. The lowest BCUT2D eigenvalue weighted by Crippen LogP contribution is -2.37. The standard InChI is InChI=1S/C20H13Cl2N3O3S/c1-10-23-17(9-29-10)11-2-4-12(5-3-11)24-18(26)8-25-19(27)13-6-15(21)16(22)7-14(13)20(25)28/h2-7,9H,8H2,1H3,(H,24,26). The molecule has 3 amide bonds. The molecule has 2 aromatic carbocycles. The predicted molar refractivity (Wildman–Crippen MR) is 113 cm³/mol. The summed E-state index contributed by atoms with van der Waals surface area (Å²) in [5, 5.41) is 5.97. The van der Waals surface area contributed by atoms with Gasteiger partial charge in [-0.25, -0.2) is 4.98 Å². The van der Waals surface area contributed by atoms with Crippen LogP contribution in [0.3, 0.4) is 0 Å². The monoisotopic (exact) mass is 445 g/mol. The molecule has 146 valence electrons. The zero-order valence-corrected chi connectivity index (χ0v) is 17.4. The molecule has 0 fully saturated rings. The number of aryl methyl sites for hydroxylation is 1. The molecule has 0 unspecified atom stereocenters. The topological polar surface area (TPSA) is 79.4 Å². The molecule has 0 bridgehead atoms. The minimum Gasteiger partial charge on any atom is -0.325 e. The van der Waals surface area contributed by atoms with E-state index in [0.717, 1.165) is 21.2 Å². The van der Waals surface area contributed by atoms with Crippen molar-refractivity contribution in [2.75, 3.05) is 11.9 Å². The van der Waals surface area contributed by atoms with Gasteiger partial charge in [-0.1, -0.05) is 35.3 Å². The van der Waals surface area contributed by atoms with Gasteiger partial charge in [-0.2, -0.15) is 0 Å². The molecule has 1 aliphatic heterocycles. The van der Waals surface area contributed by atoms with Crippen molar-refractivity contribution in [1.29, 1.82) is 0 Å². The lowest BCUT2D eigenvalue weighted by molar-refractivity contribution is -0.116. The Morgan fingerprint density at radius 3 is 2.17 bits per heavy atom. The van der Waals surface area contributed by atoms with Gasteiger partial charge in [0.15, 0.2) is 0 Å². The van der Waals surface area contributed by atoms with Crippen LogP contribution in [0.5, 0.6) is 0 Å². The van der Waals surface area contributed by atoms with Crippen molar-refractivity contribution in [1.82, 2.24) is 9.88 Å². The third kappa shape index (κ3) is 3.76. The lowest BCUT2D eigenvalue weighted by atomic mass is 10.1. The number of carbonyl (C=O) groups is 3. The first-order chi connectivity index (χ1) is 13.8. The average Bonchev–Trinajstić information content (AvgIpc) is 3.21. The summed E-state index contributed by atoms with van der Waals surface area (Å²) < 4.78 is 0. The zero-order chi connectivity index (χ0) is 20.7. The average molecular weight is 446 g/mol. The largest absolute Gasteiger partial charge is 0.325 e. The molecule has 0 aliphatic carbocycles. The number of nitrogens with zero attached hydrogens (tertiary/aromatic N) is 2. The minimum atomic E-state index is -0.576.